The predicted molar refractivity (Wildman–Crippen MR) is 81.7 cm³/mol. The largest absolute Gasteiger partial charge is 0.385 e. The average molecular weight is 262 g/mol. The van der Waals surface area contributed by atoms with Crippen molar-refractivity contribution in [2.75, 3.05) is 26.0 Å². The van der Waals surface area contributed by atoms with Crippen LogP contribution in [-0.4, -0.2) is 31.4 Å². The molecule has 19 heavy (non-hydrogen) atoms. The molecule has 0 aliphatic heterocycles. The molecule has 0 aliphatic carbocycles. The molecular formula is C16H26N2O. The highest BCUT2D eigenvalue weighted by Crippen LogP contribution is 2.12. The minimum atomic E-state index is 0.0478. The van der Waals surface area contributed by atoms with Crippen molar-refractivity contribution in [2.45, 2.75) is 39.0 Å². The Labute approximate surface area is 117 Å². The Morgan fingerprint density at radius 3 is 2.58 bits per heavy atom. The maximum absolute atomic E-state index is 11.8. The number of nitrogens with one attached hydrogen (secondary N) is 1. The van der Waals surface area contributed by atoms with Gasteiger partial charge >= 0.3 is 0 Å². The molecule has 1 rings (SSSR count). The molecule has 0 heterocycles. The average Bonchev–Trinajstić information content (AvgIpc) is 2.42. The molecule has 0 saturated carbocycles. The Morgan fingerprint density at radius 1 is 1.16 bits per heavy atom. The molecule has 0 spiro atoms. The third kappa shape index (κ3) is 5.77. The lowest BCUT2D eigenvalue weighted by Crippen LogP contribution is -2.21. The summed E-state index contributed by atoms with van der Waals surface area (Å²) in [6.07, 6.45) is 6.38. The van der Waals surface area contributed by atoms with Crippen LogP contribution in [0.15, 0.2) is 24.3 Å². The number of anilines is 1. The van der Waals surface area contributed by atoms with Crippen LogP contribution in [0.5, 0.6) is 0 Å². The van der Waals surface area contributed by atoms with E-state index in [4.69, 9.17) is 0 Å². The normalized spacial score (nSPS) is 10.3. The zero-order valence-corrected chi connectivity index (χ0v) is 12.4. The van der Waals surface area contributed by atoms with Gasteiger partial charge in [-0.2, -0.15) is 0 Å². The molecule has 3 nitrogen and oxygen atoms in total. The molecule has 0 unspecified atom stereocenters. The molecule has 3 heteroatoms. The van der Waals surface area contributed by atoms with Gasteiger partial charge in [0.25, 0.3) is 5.91 Å². The number of amides is 1. The number of unbranched alkanes of at least 4 members (excludes halogenated alkanes) is 4. The summed E-state index contributed by atoms with van der Waals surface area (Å²) >= 11 is 0. The van der Waals surface area contributed by atoms with E-state index in [2.05, 4.69) is 12.2 Å². The van der Waals surface area contributed by atoms with Crippen molar-refractivity contribution in [1.82, 2.24) is 4.90 Å². The van der Waals surface area contributed by atoms with Crippen LogP contribution in [0.25, 0.3) is 0 Å². The fraction of sp³-hybridized carbons (Fsp3) is 0.562. The van der Waals surface area contributed by atoms with Crippen LogP contribution in [0.2, 0.25) is 0 Å². The van der Waals surface area contributed by atoms with Crippen molar-refractivity contribution in [2.24, 2.45) is 0 Å². The van der Waals surface area contributed by atoms with Crippen LogP contribution in [-0.2, 0) is 0 Å². The first-order chi connectivity index (χ1) is 9.15. The van der Waals surface area contributed by atoms with Crippen molar-refractivity contribution in [3.63, 3.8) is 0 Å². The van der Waals surface area contributed by atoms with Crippen molar-refractivity contribution in [1.29, 1.82) is 0 Å². The van der Waals surface area contributed by atoms with Crippen molar-refractivity contribution >= 4 is 11.6 Å². The number of carbonyl (C=O) groups is 1. The summed E-state index contributed by atoms with van der Waals surface area (Å²) in [5.74, 6) is 0.0478. The van der Waals surface area contributed by atoms with Gasteiger partial charge in [-0.3, -0.25) is 4.79 Å². The molecule has 1 aromatic rings. The predicted octanol–water partition coefficient (Wildman–Crippen LogP) is 3.77. The molecule has 0 fully saturated rings. The molecule has 0 bridgehead atoms. The van der Waals surface area contributed by atoms with Gasteiger partial charge in [-0.15, -0.1) is 0 Å². The van der Waals surface area contributed by atoms with E-state index in [9.17, 15) is 4.79 Å². The van der Waals surface area contributed by atoms with Crippen LogP contribution in [0.4, 0.5) is 5.69 Å². The summed E-state index contributed by atoms with van der Waals surface area (Å²) in [4.78, 5) is 13.4. The second kappa shape index (κ2) is 8.57. The van der Waals surface area contributed by atoms with E-state index in [1.54, 1.807) is 19.0 Å². The molecule has 1 N–H and O–H groups in total. The quantitative estimate of drug-likeness (QED) is 0.723. The number of hydrogen-bond acceptors (Lipinski definition) is 2. The summed E-state index contributed by atoms with van der Waals surface area (Å²) in [7, 11) is 3.55. The lowest BCUT2D eigenvalue weighted by atomic mass is 10.1. The third-order valence-electron chi connectivity index (χ3n) is 3.13. The van der Waals surface area contributed by atoms with Gasteiger partial charge in [-0.25, -0.2) is 0 Å². The van der Waals surface area contributed by atoms with Crippen LogP contribution in [0.1, 0.15) is 49.4 Å². The van der Waals surface area contributed by atoms with E-state index in [0.717, 1.165) is 17.8 Å². The van der Waals surface area contributed by atoms with Crippen molar-refractivity contribution in [3.05, 3.63) is 29.8 Å². The van der Waals surface area contributed by atoms with Gasteiger partial charge < -0.3 is 10.2 Å². The van der Waals surface area contributed by atoms with Crippen LogP contribution in [0, 0.1) is 0 Å². The van der Waals surface area contributed by atoms with Crippen LogP contribution >= 0.6 is 0 Å². The topological polar surface area (TPSA) is 32.3 Å². The molecule has 1 amide bonds. The molecule has 0 saturated heterocycles. The van der Waals surface area contributed by atoms with Crippen LogP contribution < -0.4 is 5.32 Å². The highest BCUT2D eigenvalue weighted by molar-refractivity contribution is 5.94. The van der Waals surface area contributed by atoms with Gasteiger partial charge in [0.15, 0.2) is 0 Å². The van der Waals surface area contributed by atoms with Gasteiger partial charge in [0.1, 0.15) is 0 Å². The summed E-state index contributed by atoms with van der Waals surface area (Å²) in [5, 5.41) is 3.39. The van der Waals surface area contributed by atoms with Gasteiger partial charge in [-0.05, 0) is 24.6 Å². The van der Waals surface area contributed by atoms with Crippen LogP contribution in [0.3, 0.4) is 0 Å². The number of nitrogens with zero attached hydrogens (tertiary/aromatic N) is 1. The molecule has 0 aliphatic rings. The summed E-state index contributed by atoms with van der Waals surface area (Å²) in [6.45, 7) is 3.20. The molecular weight excluding hydrogens is 236 g/mol. The van der Waals surface area contributed by atoms with Gasteiger partial charge in [0.05, 0.1) is 0 Å². The minimum absolute atomic E-state index is 0.0478. The summed E-state index contributed by atoms with van der Waals surface area (Å²) < 4.78 is 0. The smallest absolute Gasteiger partial charge is 0.253 e. The Hall–Kier alpha value is -1.51. The lowest BCUT2D eigenvalue weighted by Gasteiger charge is -2.12. The standard InChI is InChI=1S/C16H26N2O/c1-4-5-6-7-8-12-17-15-11-9-10-14(13-15)16(19)18(2)3/h9-11,13,17H,4-8,12H2,1-3H3. The Morgan fingerprint density at radius 2 is 1.89 bits per heavy atom. The van der Waals surface area contributed by atoms with Gasteiger partial charge in [0.2, 0.25) is 0 Å². The summed E-state index contributed by atoms with van der Waals surface area (Å²) in [5.41, 5.74) is 1.77. The monoisotopic (exact) mass is 262 g/mol. The number of carbonyl (C=O) groups excluding carboxylic acids is 1. The van der Waals surface area contributed by atoms with E-state index >= 15 is 0 Å². The lowest BCUT2D eigenvalue weighted by molar-refractivity contribution is 0.0827. The molecule has 0 aromatic heterocycles. The first-order valence-electron chi connectivity index (χ1n) is 7.20. The van der Waals surface area contributed by atoms with Crippen molar-refractivity contribution < 1.29 is 4.79 Å². The number of rotatable bonds is 8. The van der Waals surface area contributed by atoms with Crippen molar-refractivity contribution in [3.8, 4) is 0 Å². The van der Waals surface area contributed by atoms with E-state index in [0.29, 0.717) is 0 Å². The second-order valence-corrected chi connectivity index (χ2v) is 5.12. The highest BCUT2D eigenvalue weighted by atomic mass is 16.2. The number of benzene rings is 1. The first-order valence-corrected chi connectivity index (χ1v) is 7.20. The SMILES string of the molecule is CCCCCCCNc1cccc(C(=O)N(C)C)c1. The zero-order chi connectivity index (χ0) is 14.1. The molecule has 0 atom stereocenters. The van der Waals surface area contributed by atoms with Gasteiger partial charge in [0, 0.05) is 31.9 Å². The van der Waals surface area contributed by atoms with Gasteiger partial charge in [-0.1, -0.05) is 38.7 Å². The maximum Gasteiger partial charge on any atom is 0.253 e. The Balaban J connectivity index is 2.38. The zero-order valence-electron chi connectivity index (χ0n) is 12.4. The molecule has 106 valence electrons. The second-order valence-electron chi connectivity index (χ2n) is 5.12. The molecule has 0 radical (unpaired) electrons. The number of hydrogen-bond donors (Lipinski definition) is 1. The third-order valence-corrected chi connectivity index (χ3v) is 3.13. The highest BCUT2D eigenvalue weighted by Gasteiger charge is 2.07. The Kier molecular flexibility index (Phi) is 7.01. The van der Waals surface area contributed by atoms with E-state index in [1.165, 1.54) is 32.1 Å². The molecule has 1 aromatic carbocycles. The van der Waals surface area contributed by atoms with E-state index in [-0.39, 0.29) is 5.91 Å². The maximum atomic E-state index is 11.8. The summed E-state index contributed by atoms with van der Waals surface area (Å²) in [6, 6.07) is 7.72. The Bertz CT molecular complexity index is 388. The van der Waals surface area contributed by atoms with E-state index < -0.39 is 0 Å². The minimum Gasteiger partial charge on any atom is -0.385 e. The fourth-order valence-electron chi connectivity index (χ4n) is 1.98. The fourth-order valence-corrected chi connectivity index (χ4v) is 1.98. The first kappa shape index (κ1) is 15.5. The van der Waals surface area contributed by atoms with E-state index in [1.807, 2.05) is 24.3 Å².